The zero-order chi connectivity index (χ0) is 9.10. The first-order chi connectivity index (χ1) is 6.36. The second-order valence-electron chi connectivity index (χ2n) is 4.03. The minimum atomic E-state index is 0.0718. The second kappa shape index (κ2) is 4.40. The highest BCUT2D eigenvalue weighted by Gasteiger charge is 2.23. The van der Waals surface area contributed by atoms with Crippen LogP contribution in [0.1, 0.15) is 25.7 Å². The second-order valence-corrected chi connectivity index (χ2v) is 4.03. The summed E-state index contributed by atoms with van der Waals surface area (Å²) < 4.78 is 10.8. The van der Waals surface area contributed by atoms with E-state index in [1.54, 1.807) is 0 Å². The van der Waals surface area contributed by atoms with Gasteiger partial charge in [-0.15, -0.1) is 0 Å². The maximum Gasteiger partial charge on any atom is 0.159 e. The normalized spacial score (nSPS) is 25.4. The van der Waals surface area contributed by atoms with Crippen molar-refractivity contribution in [2.75, 3.05) is 26.8 Å². The van der Waals surface area contributed by atoms with Crippen molar-refractivity contribution in [2.24, 2.45) is 0 Å². The van der Waals surface area contributed by atoms with Gasteiger partial charge in [-0.3, -0.25) is 0 Å². The van der Waals surface area contributed by atoms with E-state index in [1.165, 1.54) is 19.3 Å². The summed E-state index contributed by atoms with van der Waals surface area (Å²) in [6.45, 7) is 2.66. The summed E-state index contributed by atoms with van der Waals surface area (Å²) >= 11 is 0. The van der Waals surface area contributed by atoms with Crippen LogP contribution in [-0.2, 0) is 9.47 Å². The monoisotopic (exact) mass is 185 g/mol. The fraction of sp³-hybridized carbons (Fsp3) is 1.00. The smallest absolute Gasteiger partial charge is 0.159 e. The fourth-order valence-electron chi connectivity index (χ4n) is 1.89. The Kier molecular flexibility index (Phi) is 3.19. The third kappa shape index (κ3) is 2.42. The zero-order valence-electron chi connectivity index (χ0n) is 8.37. The molecule has 0 spiro atoms. The zero-order valence-corrected chi connectivity index (χ0v) is 8.37. The van der Waals surface area contributed by atoms with Crippen molar-refractivity contribution in [1.29, 1.82) is 0 Å². The summed E-state index contributed by atoms with van der Waals surface area (Å²) in [4.78, 5) is 2.44. The molecule has 3 heteroatoms. The third-order valence-electron chi connectivity index (χ3n) is 3.11. The van der Waals surface area contributed by atoms with Crippen LogP contribution in [0.4, 0.5) is 0 Å². The van der Waals surface area contributed by atoms with E-state index in [1.807, 2.05) is 0 Å². The van der Waals surface area contributed by atoms with Gasteiger partial charge in [0, 0.05) is 19.0 Å². The summed E-state index contributed by atoms with van der Waals surface area (Å²) in [6.07, 6.45) is 5.26. The number of ether oxygens (including phenoxy) is 2. The predicted octanol–water partition coefficient (Wildman–Crippen LogP) is 1.23. The first-order valence-electron chi connectivity index (χ1n) is 5.30. The Balaban J connectivity index is 1.60. The minimum absolute atomic E-state index is 0.0718. The molecule has 0 radical (unpaired) electrons. The largest absolute Gasteiger partial charge is 0.350 e. The van der Waals surface area contributed by atoms with Gasteiger partial charge in [0.2, 0.25) is 0 Å². The van der Waals surface area contributed by atoms with Crippen LogP contribution < -0.4 is 0 Å². The highest BCUT2D eigenvalue weighted by molar-refractivity contribution is 4.77. The first kappa shape index (κ1) is 9.44. The Labute approximate surface area is 80.0 Å². The summed E-state index contributed by atoms with van der Waals surface area (Å²) in [6, 6.07) is 0.835. The van der Waals surface area contributed by atoms with Crippen LogP contribution in [0.3, 0.4) is 0 Å². The molecule has 0 bridgehead atoms. The number of hydrogen-bond donors (Lipinski definition) is 0. The van der Waals surface area contributed by atoms with Gasteiger partial charge in [0.25, 0.3) is 0 Å². The van der Waals surface area contributed by atoms with Crippen molar-refractivity contribution < 1.29 is 9.47 Å². The van der Waals surface area contributed by atoms with Gasteiger partial charge in [-0.1, -0.05) is 6.42 Å². The number of hydrogen-bond acceptors (Lipinski definition) is 3. The van der Waals surface area contributed by atoms with E-state index in [-0.39, 0.29) is 6.29 Å². The van der Waals surface area contributed by atoms with Crippen LogP contribution in [-0.4, -0.2) is 44.0 Å². The standard InChI is InChI=1S/C10H19NO2/c1-11(9-3-2-4-9)6-5-10-12-7-8-13-10/h9-10H,2-8H2,1H3. The van der Waals surface area contributed by atoms with Gasteiger partial charge >= 0.3 is 0 Å². The van der Waals surface area contributed by atoms with Crippen LogP contribution in [0.15, 0.2) is 0 Å². The molecule has 0 N–H and O–H groups in total. The maximum atomic E-state index is 5.39. The molecular formula is C10H19NO2. The van der Waals surface area contributed by atoms with Crippen LogP contribution in [0.25, 0.3) is 0 Å². The third-order valence-corrected chi connectivity index (χ3v) is 3.11. The van der Waals surface area contributed by atoms with E-state index in [9.17, 15) is 0 Å². The molecule has 1 aliphatic carbocycles. The van der Waals surface area contributed by atoms with Crippen molar-refractivity contribution in [3.05, 3.63) is 0 Å². The van der Waals surface area contributed by atoms with E-state index >= 15 is 0 Å². The van der Waals surface area contributed by atoms with E-state index in [0.717, 1.165) is 32.2 Å². The molecule has 76 valence electrons. The maximum absolute atomic E-state index is 5.39. The Bertz CT molecular complexity index is 153. The Morgan fingerprint density at radius 3 is 2.46 bits per heavy atom. The SMILES string of the molecule is CN(CCC1OCCO1)C1CCC1. The van der Waals surface area contributed by atoms with Crippen molar-refractivity contribution in [1.82, 2.24) is 4.90 Å². The molecule has 1 saturated carbocycles. The average Bonchev–Trinajstić information content (AvgIpc) is 2.49. The molecule has 1 heterocycles. The van der Waals surface area contributed by atoms with E-state index < -0.39 is 0 Å². The molecule has 2 rings (SSSR count). The van der Waals surface area contributed by atoms with Gasteiger partial charge in [-0.25, -0.2) is 0 Å². The number of nitrogens with zero attached hydrogens (tertiary/aromatic N) is 1. The van der Waals surface area contributed by atoms with E-state index in [0.29, 0.717) is 0 Å². The predicted molar refractivity (Wildman–Crippen MR) is 50.6 cm³/mol. The molecule has 2 aliphatic rings. The van der Waals surface area contributed by atoms with Crippen LogP contribution in [0.2, 0.25) is 0 Å². The summed E-state index contributed by atoms with van der Waals surface area (Å²) in [5.41, 5.74) is 0. The highest BCUT2D eigenvalue weighted by Crippen LogP contribution is 2.23. The molecule has 0 atom stereocenters. The van der Waals surface area contributed by atoms with Gasteiger partial charge in [0.05, 0.1) is 13.2 Å². The van der Waals surface area contributed by atoms with Gasteiger partial charge < -0.3 is 14.4 Å². The van der Waals surface area contributed by atoms with Crippen molar-refractivity contribution in [3.63, 3.8) is 0 Å². The molecule has 0 aromatic carbocycles. The van der Waals surface area contributed by atoms with Crippen molar-refractivity contribution in [2.45, 2.75) is 38.0 Å². The lowest BCUT2D eigenvalue weighted by atomic mass is 9.92. The van der Waals surface area contributed by atoms with Gasteiger partial charge in [-0.05, 0) is 19.9 Å². The molecule has 1 saturated heterocycles. The van der Waals surface area contributed by atoms with Gasteiger partial charge in [0.1, 0.15) is 0 Å². The molecule has 0 unspecified atom stereocenters. The molecule has 13 heavy (non-hydrogen) atoms. The van der Waals surface area contributed by atoms with E-state index in [2.05, 4.69) is 11.9 Å². The Hall–Kier alpha value is -0.120. The van der Waals surface area contributed by atoms with Crippen LogP contribution in [0.5, 0.6) is 0 Å². The van der Waals surface area contributed by atoms with Crippen LogP contribution in [0, 0.1) is 0 Å². The molecular weight excluding hydrogens is 166 g/mol. The topological polar surface area (TPSA) is 21.7 Å². The molecule has 0 aromatic heterocycles. The quantitative estimate of drug-likeness (QED) is 0.657. The highest BCUT2D eigenvalue weighted by atomic mass is 16.7. The molecule has 3 nitrogen and oxygen atoms in total. The van der Waals surface area contributed by atoms with Crippen molar-refractivity contribution in [3.8, 4) is 0 Å². The van der Waals surface area contributed by atoms with Gasteiger partial charge in [0.15, 0.2) is 6.29 Å². The lowest BCUT2D eigenvalue weighted by molar-refractivity contribution is -0.0535. The van der Waals surface area contributed by atoms with Crippen molar-refractivity contribution >= 4 is 0 Å². The van der Waals surface area contributed by atoms with Gasteiger partial charge in [-0.2, -0.15) is 0 Å². The molecule has 0 aromatic rings. The summed E-state index contributed by atoms with van der Waals surface area (Å²) in [7, 11) is 2.21. The number of rotatable bonds is 4. The Morgan fingerprint density at radius 1 is 1.23 bits per heavy atom. The first-order valence-corrected chi connectivity index (χ1v) is 5.30. The lowest BCUT2D eigenvalue weighted by Gasteiger charge is -2.35. The fourth-order valence-corrected chi connectivity index (χ4v) is 1.89. The van der Waals surface area contributed by atoms with E-state index in [4.69, 9.17) is 9.47 Å². The van der Waals surface area contributed by atoms with Crippen LogP contribution >= 0.6 is 0 Å². The molecule has 0 amide bonds. The Morgan fingerprint density at radius 2 is 1.92 bits per heavy atom. The molecule has 2 fully saturated rings. The molecule has 1 aliphatic heterocycles. The minimum Gasteiger partial charge on any atom is -0.350 e. The summed E-state index contributed by atoms with van der Waals surface area (Å²) in [5.74, 6) is 0. The summed E-state index contributed by atoms with van der Waals surface area (Å²) in [5, 5.41) is 0. The average molecular weight is 185 g/mol. The lowest BCUT2D eigenvalue weighted by Crippen LogP contribution is -2.38.